The number of hydrogen-bond donors (Lipinski definition) is 2. The number of amides is 2. The zero-order chi connectivity index (χ0) is 26.4. The Morgan fingerprint density at radius 1 is 1.00 bits per heavy atom. The molecule has 1 heterocycles. The molecule has 2 atom stereocenters. The summed E-state index contributed by atoms with van der Waals surface area (Å²) in [5, 5.41) is 3.59. The smallest absolute Gasteiger partial charge is 0.259 e. The Morgan fingerprint density at radius 2 is 1.81 bits per heavy atom. The van der Waals surface area contributed by atoms with Gasteiger partial charge in [0.2, 0.25) is 0 Å². The molecule has 2 unspecified atom stereocenters. The van der Waals surface area contributed by atoms with E-state index in [0.717, 1.165) is 38.0 Å². The molecule has 1 aliphatic heterocycles. The number of nitrogens with one attached hydrogen (secondary N) is 2. The fourth-order valence-corrected chi connectivity index (χ4v) is 6.10. The lowest BCUT2D eigenvalue weighted by Crippen LogP contribution is -3.12. The van der Waals surface area contributed by atoms with Crippen LogP contribution in [0, 0.1) is 0 Å². The van der Waals surface area contributed by atoms with Crippen LogP contribution in [0.2, 0.25) is 5.02 Å². The molecule has 0 aliphatic carbocycles. The predicted octanol–water partition coefficient (Wildman–Crippen LogP) is 4.10. The van der Waals surface area contributed by atoms with Gasteiger partial charge in [-0.05, 0) is 61.4 Å². The molecule has 2 amide bonds. The molecular formula is C29H33ClN3O3S+. The summed E-state index contributed by atoms with van der Waals surface area (Å²) in [5.41, 5.74) is 2.12. The van der Waals surface area contributed by atoms with Gasteiger partial charge in [0.1, 0.15) is 0 Å². The Hall–Kier alpha value is -3.00. The molecule has 0 saturated heterocycles. The van der Waals surface area contributed by atoms with E-state index in [1.165, 1.54) is 4.90 Å². The highest BCUT2D eigenvalue weighted by atomic mass is 35.5. The van der Waals surface area contributed by atoms with E-state index in [0.29, 0.717) is 38.2 Å². The molecule has 3 aromatic carbocycles. The summed E-state index contributed by atoms with van der Waals surface area (Å²) in [6.07, 6.45) is 2.32. The van der Waals surface area contributed by atoms with Crippen molar-refractivity contribution in [1.29, 1.82) is 0 Å². The molecular weight excluding hydrogens is 506 g/mol. The molecule has 6 nitrogen and oxygen atoms in total. The first kappa shape index (κ1) is 27.0. The van der Waals surface area contributed by atoms with Gasteiger partial charge in [0.05, 0.1) is 64.6 Å². The number of halogens is 1. The first-order chi connectivity index (χ1) is 17.9. The van der Waals surface area contributed by atoms with Crippen molar-refractivity contribution in [2.24, 2.45) is 0 Å². The van der Waals surface area contributed by atoms with Crippen molar-refractivity contribution in [3.63, 3.8) is 0 Å². The third-order valence-electron chi connectivity index (χ3n) is 6.65. The number of carbonyl (C=O) groups excluding carboxylic acids is 2. The van der Waals surface area contributed by atoms with Gasteiger partial charge in [0.25, 0.3) is 11.8 Å². The van der Waals surface area contributed by atoms with Gasteiger partial charge in [0, 0.05) is 10.6 Å². The van der Waals surface area contributed by atoms with Crippen molar-refractivity contribution >= 4 is 39.9 Å². The van der Waals surface area contributed by atoms with Crippen LogP contribution in [-0.2, 0) is 17.3 Å². The zero-order valence-electron chi connectivity index (χ0n) is 21.3. The molecule has 0 saturated carbocycles. The number of nitrogens with zero attached hydrogens (tertiary/aromatic N) is 1. The highest BCUT2D eigenvalue weighted by molar-refractivity contribution is 7.85. The van der Waals surface area contributed by atoms with Gasteiger partial charge in [-0.15, -0.1) is 0 Å². The molecule has 1 aliphatic rings. The molecule has 0 radical (unpaired) electrons. The van der Waals surface area contributed by atoms with E-state index in [9.17, 15) is 13.8 Å². The summed E-state index contributed by atoms with van der Waals surface area (Å²) in [5.74, 6) is -0.477. The fourth-order valence-electron chi connectivity index (χ4n) is 4.54. The number of benzene rings is 3. The third kappa shape index (κ3) is 6.29. The van der Waals surface area contributed by atoms with Crippen LogP contribution in [0.1, 0.15) is 53.0 Å². The van der Waals surface area contributed by atoms with Crippen molar-refractivity contribution in [2.75, 3.05) is 31.1 Å². The van der Waals surface area contributed by atoms with E-state index in [1.807, 2.05) is 12.1 Å². The van der Waals surface area contributed by atoms with E-state index < -0.39 is 10.8 Å². The Labute approximate surface area is 226 Å². The van der Waals surface area contributed by atoms with E-state index in [4.69, 9.17) is 11.6 Å². The third-order valence-corrected chi connectivity index (χ3v) is 8.39. The average Bonchev–Trinajstić information content (AvgIpc) is 3.00. The number of unbranched alkanes of at least 4 members (excludes halogenated alkanes) is 1. The molecule has 8 heteroatoms. The van der Waals surface area contributed by atoms with Crippen LogP contribution in [-0.4, -0.2) is 42.2 Å². The quantitative estimate of drug-likeness (QED) is 0.408. The van der Waals surface area contributed by atoms with Crippen molar-refractivity contribution in [1.82, 2.24) is 5.32 Å². The zero-order valence-corrected chi connectivity index (χ0v) is 22.8. The van der Waals surface area contributed by atoms with Gasteiger partial charge in [-0.1, -0.05) is 49.2 Å². The van der Waals surface area contributed by atoms with Gasteiger partial charge in [0.15, 0.2) is 0 Å². The summed E-state index contributed by atoms with van der Waals surface area (Å²) in [7, 11) is -1.57. The lowest BCUT2D eigenvalue weighted by atomic mass is 10.1. The molecule has 0 spiro atoms. The van der Waals surface area contributed by atoms with E-state index in [-0.39, 0.29) is 18.4 Å². The summed E-state index contributed by atoms with van der Waals surface area (Å²) in [4.78, 5) is 30.8. The normalized spacial score (nSPS) is 15.5. The molecule has 194 valence electrons. The maximum atomic E-state index is 13.7. The Morgan fingerprint density at radius 3 is 2.57 bits per heavy atom. The van der Waals surface area contributed by atoms with E-state index in [2.05, 4.69) is 19.2 Å². The minimum atomic E-state index is -1.57. The number of fused-ring (bicyclic) bond motifs is 2. The second-order valence-electron chi connectivity index (χ2n) is 9.18. The topological polar surface area (TPSA) is 70.9 Å². The second kappa shape index (κ2) is 12.5. The first-order valence-electron chi connectivity index (χ1n) is 12.8. The lowest BCUT2D eigenvalue weighted by Gasteiger charge is -2.24. The Bertz CT molecular complexity index is 1310. The largest absolute Gasteiger partial charge is 0.346 e. The van der Waals surface area contributed by atoms with Crippen molar-refractivity contribution in [3.8, 4) is 0 Å². The van der Waals surface area contributed by atoms with Gasteiger partial charge >= 0.3 is 0 Å². The lowest BCUT2D eigenvalue weighted by molar-refractivity contribution is -0.897. The molecule has 37 heavy (non-hydrogen) atoms. The molecule has 0 fully saturated rings. The van der Waals surface area contributed by atoms with Crippen molar-refractivity contribution < 1.29 is 18.7 Å². The van der Waals surface area contributed by atoms with Crippen LogP contribution >= 0.6 is 11.6 Å². The number of quaternary nitrogens is 1. The van der Waals surface area contributed by atoms with Gasteiger partial charge in [-0.2, -0.15) is 0 Å². The average molecular weight is 539 g/mol. The summed E-state index contributed by atoms with van der Waals surface area (Å²) >= 11 is 6.20. The van der Waals surface area contributed by atoms with E-state index >= 15 is 0 Å². The monoisotopic (exact) mass is 538 g/mol. The van der Waals surface area contributed by atoms with Crippen LogP contribution in [0.4, 0.5) is 5.69 Å². The highest BCUT2D eigenvalue weighted by Crippen LogP contribution is 2.36. The van der Waals surface area contributed by atoms with Gasteiger partial charge < -0.3 is 15.1 Å². The summed E-state index contributed by atoms with van der Waals surface area (Å²) < 4.78 is 13.6. The SMILES string of the molecule is CCCC[NH+](CC)CCNC(=O)c1ccc2c(c1)N(Cc1cccc(Cl)c1)C(=O)c1ccccc1S2=O. The fraction of sp³-hybridized carbons (Fsp3) is 0.310. The maximum Gasteiger partial charge on any atom is 0.259 e. The van der Waals surface area contributed by atoms with Gasteiger partial charge in [-0.25, -0.2) is 4.21 Å². The molecule has 4 rings (SSSR count). The Balaban J connectivity index is 1.64. The molecule has 2 N–H and O–H groups in total. The number of likely N-dealkylation sites (N-methyl/N-ethyl adjacent to an activating group) is 1. The van der Waals surface area contributed by atoms with Crippen LogP contribution in [0.25, 0.3) is 0 Å². The van der Waals surface area contributed by atoms with Crippen LogP contribution < -0.4 is 15.1 Å². The highest BCUT2D eigenvalue weighted by Gasteiger charge is 2.31. The van der Waals surface area contributed by atoms with Crippen LogP contribution in [0.3, 0.4) is 0 Å². The minimum Gasteiger partial charge on any atom is -0.346 e. The molecule has 3 aromatic rings. The first-order valence-corrected chi connectivity index (χ1v) is 14.3. The number of anilines is 1. The summed E-state index contributed by atoms with van der Waals surface area (Å²) in [6, 6.07) is 19.3. The summed E-state index contributed by atoms with van der Waals surface area (Å²) in [6.45, 7) is 8.09. The number of rotatable bonds is 10. The van der Waals surface area contributed by atoms with Crippen molar-refractivity contribution in [3.05, 3.63) is 88.4 Å². The standard InChI is InChI=1S/C29H32ClN3O3S/c1-3-5-16-32(4-2)17-15-31-28(34)22-13-14-27-25(19-22)33(20-21-9-8-10-23(30)18-21)29(35)24-11-6-7-12-26(24)37(27)36/h6-14,18-19H,3-5,15-17,20H2,1-2H3,(H,31,34)/p+1. The van der Waals surface area contributed by atoms with E-state index in [1.54, 1.807) is 59.5 Å². The van der Waals surface area contributed by atoms with Crippen molar-refractivity contribution in [2.45, 2.75) is 43.0 Å². The maximum absolute atomic E-state index is 13.7. The number of carbonyl (C=O) groups is 2. The second-order valence-corrected chi connectivity index (χ2v) is 11.0. The Kier molecular flexibility index (Phi) is 9.14. The minimum absolute atomic E-state index is 0.212. The van der Waals surface area contributed by atoms with Crippen LogP contribution in [0.15, 0.2) is 76.5 Å². The molecule has 0 bridgehead atoms. The molecule has 0 aromatic heterocycles. The predicted molar refractivity (Wildman–Crippen MR) is 148 cm³/mol. The van der Waals surface area contributed by atoms with Gasteiger partial charge in [-0.3, -0.25) is 9.59 Å². The van der Waals surface area contributed by atoms with Crippen LogP contribution in [0.5, 0.6) is 0 Å². The number of hydrogen-bond acceptors (Lipinski definition) is 3.